The van der Waals surface area contributed by atoms with Crippen molar-refractivity contribution >= 4 is 43.0 Å². The molecule has 1 aliphatic heterocycles. The van der Waals surface area contributed by atoms with Crippen LogP contribution in [0.4, 0.5) is 5.69 Å². The number of aromatic amines is 1. The number of nitrogens with one attached hydrogen (secondary N) is 1. The summed E-state index contributed by atoms with van der Waals surface area (Å²) in [6, 6.07) is 15.7. The molecule has 1 aromatic heterocycles. The zero-order valence-corrected chi connectivity index (χ0v) is 15.2. The Morgan fingerprint density at radius 2 is 1.96 bits per heavy atom. The van der Waals surface area contributed by atoms with Crippen LogP contribution in [-0.4, -0.2) is 29.2 Å². The molecule has 2 heterocycles. The number of anilines is 1. The molecule has 0 unspecified atom stereocenters. The summed E-state index contributed by atoms with van der Waals surface area (Å²) >= 11 is 3.50. The smallest absolute Gasteiger partial charge is 0.249 e. The fraction of sp³-hybridized carbons (Fsp3) is 0.158. The van der Waals surface area contributed by atoms with E-state index in [1.807, 2.05) is 48.5 Å². The number of methoxy groups -OCH3 is 1. The van der Waals surface area contributed by atoms with Gasteiger partial charge in [-0.05, 0) is 39.7 Å². The highest BCUT2D eigenvalue weighted by Gasteiger charge is 2.27. The Balaban J connectivity index is 1.81. The Kier molecular flexibility index (Phi) is 4.05. The molecule has 4 rings (SSSR count). The number of carbonyl (C=O) groups is 1. The number of amides is 1. The lowest BCUT2D eigenvalue weighted by atomic mass is 10.1. The van der Waals surface area contributed by atoms with Crippen molar-refractivity contribution in [3.8, 4) is 5.75 Å². The summed E-state index contributed by atoms with van der Waals surface area (Å²) in [4.78, 5) is 22.3. The van der Waals surface area contributed by atoms with Gasteiger partial charge in [0.1, 0.15) is 16.9 Å². The first kappa shape index (κ1) is 15.9. The molecule has 0 saturated heterocycles. The van der Waals surface area contributed by atoms with Crippen LogP contribution < -0.4 is 9.64 Å². The average Bonchev–Trinajstić information content (AvgIpc) is 2.99. The van der Waals surface area contributed by atoms with Gasteiger partial charge in [0.25, 0.3) is 0 Å². The van der Waals surface area contributed by atoms with Gasteiger partial charge < -0.3 is 14.6 Å². The van der Waals surface area contributed by atoms with Crippen LogP contribution in [-0.2, 0) is 11.3 Å². The maximum absolute atomic E-state index is 12.8. The van der Waals surface area contributed by atoms with Crippen molar-refractivity contribution in [2.75, 3.05) is 18.6 Å². The van der Waals surface area contributed by atoms with Crippen molar-refractivity contribution in [2.45, 2.75) is 6.54 Å². The number of hydrogen-bond acceptors (Lipinski definition) is 3. The molecule has 5 nitrogen and oxygen atoms in total. The summed E-state index contributed by atoms with van der Waals surface area (Å²) in [5, 5.41) is 1.01. The minimum Gasteiger partial charge on any atom is -0.497 e. The molecule has 0 aliphatic carbocycles. The van der Waals surface area contributed by atoms with Gasteiger partial charge in [-0.2, -0.15) is 0 Å². The van der Waals surface area contributed by atoms with E-state index in [1.54, 1.807) is 12.0 Å². The first-order valence-electron chi connectivity index (χ1n) is 7.91. The van der Waals surface area contributed by atoms with Crippen molar-refractivity contribution in [3.63, 3.8) is 0 Å². The highest BCUT2D eigenvalue weighted by Crippen LogP contribution is 2.35. The molecule has 0 fully saturated rings. The maximum atomic E-state index is 12.8. The third-order valence-electron chi connectivity index (χ3n) is 4.31. The summed E-state index contributed by atoms with van der Waals surface area (Å²) in [6.07, 6.45) is 0. The number of fused-ring (bicyclic) bond motifs is 3. The number of aliphatic imine (C=N–C) groups is 1. The summed E-state index contributed by atoms with van der Waals surface area (Å²) in [7, 11) is 1.64. The number of halogens is 1. The van der Waals surface area contributed by atoms with E-state index in [9.17, 15) is 4.79 Å². The number of carbonyl (C=O) groups excluding carboxylic acids is 1. The van der Waals surface area contributed by atoms with Crippen molar-refractivity contribution in [2.24, 2.45) is 4.99 Å². The quantitative estimate of drug-likeness (QED) is 0.729. The van der Waals surface area contributed by atoms with Crippen molar-refractivity contribution in [3.05, 3.63) is 59.8 Å². The van der Waals surface area contributed by atoms with Gasteiger partial charge in [-0.25, -0.2) is 0 Å². The third-order valence-corrected chi connectivity index (χ3v) is 4.96. The third kappa shape index (κ3) is 2.82. The summed E-state index contributed by atoms with van der Waals surface area (Å²) in [5.74, 6) is 0.765. The van der Waals surface area contributed by atoms with Gasteiger partial charge in [0.15, 0.2) is 0 Å². The first-order chi connectivity index (χ1) is 12.2. The van der Waals surface area contributed by atoms with E-state index in [4.69, 9.17) is 4.74 Å². The second-order valence-electron chi connectivity index (χ2n) is 5.83. The molecule has 0 saturated carbocycles. The lowest BCUT2D eigenvalue weighted by Gasteiger charge is -2.21. The number of aromatic nitrogens is 1. The number of rotatable bonds is 3. The first-order valence-corrected chi connectivity index (χ1v) is 8.71. The topological polar surface area (TPSA) is 57.7 Å². The van der Waals surface area contributed by atoms with Gasteiger partial charge in [0.05, 0.1) is 25.0 Å². The standard InChI is InChI=1S/C19H16BrN3O2/c1-25-13-8-6-12(7-9-13)11-23-16(24)10-21-19(20)17-18(23)14-4-2-3-5-15(14)22-17/h2-9,22H,10-11H2,1H3. The van der Waals surface area contributed by atoms with E-state index in [0.29, 0.717) is 11.2 Å². The number of para-hydroxylation sites is 1. The molecule has 1 N–H and O–H groups in total. The SMILES string of the molecule is COc1ccc(CN2C(=O)CN=C(Br)c3[nH]c4ccccc4c32)cc1. The van der Waals surface area contributed by atoms with Crippen LogP contribution >= 0.6 is 15.9 Å². The van der Waals surface area contributed by atoms with Gasteiger partial charge in [0, 0.05) is 10.9 Å². The molecule has 126 valence electrons. The molecular weight excluding hydrogens is 382 g/mol. The van der Waals surface area contributed by atoms with Gasteiger partial charge in [-0.15, -0.1) is 0 Å². The van der Waals surface area contributed by atoms with Crippen LogP contribution in [0.5, 0.6) is 5.75 Å². The van der Waals surface area contributed by atoms with Crippen LogP contribution in [0, 0.1) is 0 Å². The predicted octanol–water partition coefficient (Wildman–Crippen LogP) is 3.86. The Morgan fingerprint density at radius 3 is 2.72 bits per heavy atom. The second kappa shape index (κ2) is 6.37. The van der Waals surface area contributed by atoms with Crippen LogP contribution in [0.2, 0.25) is 0 Å². The Bertz CT molecular complexity index is 976. The number of H-pyrrole nitrogens is 1. The van der Waals surface area contributed by atoms with Gasteiger partial charge >= 0.3 is 0 Å². The van der Waals surface area contributed by atoms with Gasteiger partial charge in [-0.3, -0.25) is 9.79 Å². The monoisotopic (exact) mass is 397 g/mol. The lowest BCUT2D eigenvalue weighted by molar-refractivity contribution is -0.117. The molecule has 0 radical (unpaired) electrons. The molecular formula is C19H16BrN3O2. The normalized spacial score (nSPS) is 14.2. The van der Waals surface area contributed by atoms with E-state index < -0.39 is 0 Å². The van der Waals surface area contributed by atoms with Crippen molar-refractivity contribution < 1.29 is 9.53 Å². The van der Waals surface area contributed by atoms with Crippen LogP contribution in [0.1, 0.15) is 11.3 Å². The zero-order chi connectivity index (χ0) is 17.4. The molecule has 1 aliphatic rings. The number of benzene rings is 2. The number of hydrogen-bond donors (Lipinski definition) is 1. The Labute approximate surface area is 153 Å². The van der Waals surface area contributed by atoms with E-state index in [2.05, 4.69) is 25.9 Å². The molecule has 0 atom stereocenters. The van der Waals surface area contributed by atoms with Gasteiger partial charge in [-0.1, -0.05) is 30.3 Å². The molecule has 25 heavy (non-hydrogen) atoms. The van der Waals surface area contributed by atoms with E-state index in [0.717, 1.165) is 33.6 Å². The fourth-order valence-corrected chi connectivity index (χ4v) is 3.48. The van der Waals surface area contributed by atoms with Crippen LogP contribution in [0.25, 0.3) is 10.9 Å². The van der Waals surface area contributed by atoms with Crippen molar-refractivity contribution in [1.82, 2.24) is 4.98 Å². The van der Waals surface area contributed by atoms with Crippen LogP contribution in [0.15, 0.2) is 53.5 Å². The minimum atomic E-state index is -0.0312. The summed E-state index contributed by atoms with van der Waals surface area (Å²) in [6.45, 7) is 0.598. The fourth-order valence-electron chi connectivity index (χ4n) is 3.06. The predicted molar refractivity (Wildman–Crippen MR) is 103 cm³/mol. The van der Waals surface area contributed by atoms with E-state index >= 15 is 0 Å². The Hall–Kier alpha value is -2.60. The molecule has 3 aromatic rings. The van der Waals surface area contributed by atoms with Gasteiger partial charge in [0.2, 0.25) is 5.91 Å². The summed E-state index contributed by atoms with van der Waals surface area (Å²) < 4.78 is 5.88. The average molecular weight is 398 g/mol. The molecule has 2 aromatic carbocycles. The minimum absolute atomic E-state index is 0.0312. The highest BCUT2D eigenvalue weighted by molar-refractivity contribution is 9.18. The largest absolute Gasteiger partial charge is 0.497 e. The van der Waals surface area contributed by atoms with Crippen molar-refractivity contribution in [1.29, 1.82) is 0 Å². The molecule has 0 spiro atoms. The molecule has 0 bridgehead atoms. The summed E-state index contributed by atoms with van der Waals surface area (Å²) in [5.41, 5.74) is 3.71. The zero-order valence-electron chi connectivity index (χ0n) is 13.6. The molecule has 1 amide bonds. The Morgan fingerprint density at radius 1 is 1.20 bits per heavy atom. The van der Waals surface area contributed by atoms with E-state index in [-0.39, 0.29) is 12.5 Å². The molecule has 6 heteroatoms. The lowest BCUT2D eigenvalue weighted by Crippen LogP contribution is -2.31. The highest BCUT2D eigenvalue weighted by atomic mass is 79.9. The van der Waals surface area contributed by atoms with E-state index in [1.165, 1.54) is 0 Å². The maximum Gasteiger partial charge on any atom is 0.249 e. The number of nitrogens with zero attached hydrogens (tertiary/aromatic N) is 2. The van der Waals surface area contributed by atoms with Crippen LogP contribution in [0.3, 0.4) is 0 Å². The number of ether oxygens (including phenoxy) is 1. The second-order valence-corrected chi connectivity index (χ2v) is 6.58.